The van der Waals surface area contributed by atoms with Crippen LogP contribution in [-0.4, -0.2) is 75.1 Å². The number of carbonyl (C=O) groups is 1. The summed E-state index contributed by atoms with van der Waals surface area (Å²) < 4.78 is 35.7. The molecule has 0 N–H and O–H groups in total. The van der Waals surface area contributed by atoms with Gasteiger partial charge in [-0.15, -0.1) is 0 Å². The Hall–Kier alpha value is -1.51. The molecule has 31 heavy (non-hydrogen) atoms. The highest BCUT2D eigenvalue weighted by molar-refractivity contribution is 5.89. The van der Waals surface area contributed by atoms with E-state index in [9.17, 15) is 4.79 Å². The first kappa shape index (κ1) is 22.7. The zero-order chi connectivity index (χ0) is 22.1. The van der Waals surface area contributed by atoms with E-state index >= 15 is 0 Å². The highest BCUT2D eigenvalue weighted by Gasteiger charge is 2.58. The van der Waals surface area contributed by atoms with Gasteiger partial charge in [0.15, 0.2) is 6.10 Å². The van der Waals surface area contributed by atoms with Crippen LogP contribution >= 0.6 is 0 Å². The number of ether oxygens (including phenoxy) is 6. The van der Waals surface area contributed by atoms with Crippen molar-refractivity contribution < 1.29 is 33.2 Å². The van der Waals surface area contributed by atoms with Gasteiger partial charge in [-0.3, -0.25) is 0 Å². The summed E-state index contributed by atoms with van der Waals surface area (Å²) in [6.07, 6.45) is -0.299. The van der Waals surface area contributed by atoms with E-state index in [1.807, 2.05) is 18.2 Å². The third-order valence-electron chi connectivity index (χ3n) is 6.90. The van der Waals surface area contributed by atoms with Crippen LogP contribution in [0.1, 0.15) is 44.5 Å². The molecule has 0 aromatic heterocycles. The summed E-state index contributed by atoms with van der Waals surface area (Å²) in [5.41, 5.74) is -0.302. The molecule has 0 aliphatic carbocycles. The standard InChI is InChI=1S/C24H34O7/c1-5-23(29-11-12-30-24(15-26-16-24)22(2,3)4)14-28-19-18(13-27-20(19)23)31-21(25)17-9-7-6-8-10-17/h6-10,18-20H,5,11-16H2,1-4H3/t18-,19+,20-,23+/m0/s1. The van der Waals surface area contributed by atoms with Gasteiger partial charge >= 0.3 is 5.97 Å². The van der Waals surface area contributed by atoms with Crippen molar-refractivity contribution in [3.63, 3.8) is 0 Å². The summed E-state index contributed by atoms with van der Waals surface area (Å²) in [5.74, 6) is -0.364. The minimum atomic E-state index is -0.563. The third kappa shape index (κ3) is 4.26. The normalized spacial score (nSPS) is 31.8. The minimum absolute atomic E-state index is 0.000324. The van der Waals surface area contributed by atoms with Gasteiger partial charge in [-0.25, -0.2) is 4.79 Å². The Morgan fingerprint density at radius 1 is 1.06 bits per heavy atom. The molecule has 172 valence electrons. The first-order valence-corrected chi connectivity index (χ1v) is 11.2. The molecular formula is C24H34O7. The molecule has 3 aliphatic rings. The average molecular weight is 435 g/mol. The van der Waals surface area contributed by atoms with Crippen molar-refractivity contribution in [3.8, 4) is 0 Å². The molecule has 3 saturated heterocycles. The van der Waals surface area contributed by atoms with Crippen LogP contribution in [0.25, 0.3) is 0 Å². The number of carbonyl (C=O) groups excluding carboxylic acids is 1. The first-order valence-electron chi connectivity index (χ1n) is 11.2. The van der Waals surface area contributed by atoms with Crippen LogP contribution in [0, 0.1) is 5.41 Å². The molecule has 1 aromatic carbocycles. The summed E-state index contributed by atoms with van der Waals surface area (Å²) >= 11 is 0. The maximum atomic E-state index is 12.4. The number of esters is 1. The lowest BCUT2D eigenvalue weighted by atomic mass is 9.75. The molecule has 7 nitrogen and oxygen atoms in total. The number of rotatable bonds is 8. The van der Waals surface area contributed by atoms with Gasteiger partial charge in [-0.05, 0) is 24.0 Å². The highest BCUT2D eigenvalue weighted by atomic mass is 16.7. The average Bonchev–Trinajstić information content (AvgIpc) is 3.28. The molecule has 0 amide bonds. The molecule has 4 rings (SSSR count). The van der Waals surface area contributed by atoms with Gasteiger partial charge < -0.3 is 28.4 Å². The fraction of sp³-hybridized carbons (Fsp3) is 0.708. The van der Waals surface area contributed by atoms with E-state index in [-0.39, 0.29) is 29.2 Å². The van der Waals surface area contributed by atoms with Gasteiger partial charge in [0, 0.05) is 0 Å². The van der Waals surface area contributed by atoms with Crippen LogP contribution in [0.3, 0.4) is 0 Å². The van der Waals surface area contributed by atoms with E-state index in [1.165, 1.54) is 0 Å². The summed E-state index contributed by atoms with van der Waals surface area (Å²) in [6.45, 7) is 11.4. The maximum absolute atomic E-state index is 12.4. The van der Waals surface area contributed by atoms with E-state index < -0.39 is 11.7 Å². The second kappa shape index (κ2) is 8.79. The molecule has 0 unspecified atom stereocenters. The van der Waals surface area contributed by atoms with Crippen molar-refractivity contribution in [3.05, 3.63) is 35.9 Å². The first-order chi connectivity index (χ1) is 14.8. The van der Waals surface area contributed by atoms with E-state index in [2.05, 4.69) is 27.7 Å². The lowest BCUT2D eigenvalue weighted by Gasteiger charge is -2.50. The Balaban J connectivity index is 1.31. The van der Waals surface area contributed by atoms with E-state index in [1.54, 1.807) is 12.1 Å². The quantitative estimate of drug-likeness (QED) is 0.460. The van der Waals surface area contributed by atoms with Gasteiger partial charge in [0.1, 0.15) is 23.4 Å². The number of hydrogen-bond donors (Lipinski definition) is 0. The van der Waals surface area contributed by atoms with Gasteiger partial charge in [-0.2, -0.15) is 0 Å². The van der Waals surface area contributed by atoms with Crippen molar-refractivity contribution >= 4 is 5.97 Å². The van der Waals surface area contributed by atoms with Crippen molar-refractivity contribution in [2.45, 2.75) is 63.6 Å². The maximum Gasteiger partial charge on any atom is 0.338 e. The molecule has 0 spiro atoms. The minimum Gasteiger partial charge on any atom is -0.453 e. The van der Waals surface area contributed by atoms with Crippen LogP contribution < -0.4 is 0 Å². The Bertz CT molecular complexity index is 755. The van der Waals surface area contributed by atoms with Crippen LogP contribution in [0.4, 0.5) is 0 Å². The van der Waals surface area contributed by atoms with Gasteiger partial charge in [-0.1, -0.05) is 45.9 Å². The van der Waals surface area contributed by atoms with Crippen LogP contribution in [0.5, 0.6) is 0 Å². The molecule has 0 saturated carbocycles. The van der Waals surface area contributed by atoms with Crippen molar-refractivity contribution in [2.75, 3.05) is 39.6 Å². The molecule has 1 aromatic rings. The molecule has 7 heteroatoms. The van der Waals surface area contributed by atoms with E-state index in [0.29, 0.717) is 45.2 Å². The second-order valence-corrected chi connectivity index (χ2v) is 9.69. The number of hydrogen-bond acceptors (Lipinski definition) is 7. The Morgan fingerprint density at radius 2 is 1.77 bits per heavy atom. The molecule has 0 radical (unpaired) electrons. The lowest BCUT2D eigenvalue weighted by Crippen LogP contribution is -2.61. The fourth-order valence-corrected chi connectivity index (χ4v) is 4.46. The smallest absolute Gasteiger partial charge is 0.338 e. The topological polar surface area (TPSA) is 72.5 Å². The summed E-state index contributed by atoms with van der Waals surface area (Å²) in [5, 5.41) is 0. The molecule has 0 bridgehead atoms. The summed E-state index contributed by atoms with van der Waals surface area (Å²) in [4.78, 5) is 12.4. The number of benzene rings is 1. The molecule has 3 aliphatic heterocycles. The van der Waals surface area contributed by atoms with Gasteiger partial charge in [0.25, 0.3) is 0 Å². The number of fused-ring (bicyclic) bond motifs is 1. The SMILES string of the molecule is CC[C@@]1(OCCOC2(C(C)(C)C)COC2)CO[C@@H]2[C@@H](OC(=O)c3ccccc3)CO[C@@H]21. The van der Waals surface area contributed by atoms with Crippen molar-refractivity contribution in [2.24, 2.45) is 5.41 Å². The molecule has 4 atom stereocenters. The third-order valence-corrected chi connectivity index (χ3v) is 6.90. The predicted octanol–water partition coefficient (Wildman–Crippen LogP) is 3.01. The summed E-state index contributed by atoms with van der Waals surface area (Å²) in [6, 6.07) is 8.97. The predicted molar refractivity (Wildman–Crippen MR) is 113 cm³/mol. The van der Waals surface area contributed by atoms with E-state index in [4.69, 9.17) is 28.4 Å². The zero-order valence-corrected chi connectivity index (χ0v) is 18.9. The van der Waals surface area contributed by atoms with Crippen LogP contribution in [-0.2, 0) is 28.4 Å². The van der Waals surface area contributed by atoms with Crippen LogP contribution in [0.2, 0.25) is 0 Å². The lowest BCUT2D eigenvalue weighted by molar-refractivity contribution is -0.263. The van der Waals surface area contributed by atoms with Crippen LogP contribution in [0.15, 0.2) is 30.3 Å². The zero-order valence-electron chi connectivity index (χ0n) is 18.9. The fourth-order valence-electron chi connectivity index (χ4n) is 4.46. The van der Waals surface area contributed by atoms with Crippen molar-refractivity contribution in [1.82, 2.24) is 0 Å². The Labute approximate surface area is 184 Å². The van der Waals surface area contributed by atoms with E-state index in [0.717, 1.165) is 6.42 Å². The Morgan fingerprint density at radius 3 is 2.39 bits per heavy atom. The molecule has 3 fully saturated rings. The largest absolute Gasteiger partial charge is 0.453 e. The van der Waals surface area contributed by atoms with Gasteiger partial charge in [0.2, 0.25) is 0 Å². The molecular weight excluding hydrogens is 400 g/mol. The monoisotopic (exact) mass is 434 g/mol. The van der Waals surface area contributed by atoms with Gasteiger partial charge in [0.05, 0.1) is 45.2 Å². The Kier molecular flexibility index (Phi) is 6.43. The van der Waals surface area contributed by atoms with Crippen molar-refractivity contribution in [1.29, 1.82) is 0 Å². The molecule has 3 heterocycles. The highest BCUT2D eigenvalue weighted by Crippen LogP contribution is 2.41. The second-order valence-electron chi connectivity index (χ2n) is 9.69. The summed E-state index contributed by atoms with van der Waals surface area (Å²) in [7, 11) is 0.